The molecule has 1 N–H and O–H groups in total. The SMILES string of the molecule is Cn1ccnc1/N=C1\C=CC2C(=O)NC(CSC3CCOCC3)=NC2=C1. The number of hydrogen-bond donors (Lipinski definition) is 1. The van der Waals surface area contributed by atoms with E-state index < -0.39 is 0 Å². The Morgan fingerprint density at radius 1 is 1.42 bits per heavy atom. The lowest BCUT2D eigenvalue weighted by atomic mass is 9.96. The number of ether oxygens (including phenoxy) is 1. The first-order valence-corrected chi connectivity index (χ1v) is 9.77. The first-order valence-electron chi connectivity index (χ1n) is 8.72. The van der Waals surface area contributed by atoms with E-state index in [0.717, 1.165) is 43.3 Å². The van der Waals surface area contributed by atoms with Gasteiger partial charge in [-0.2, -0.15) is 11.8 Å². The van der Waals surface area contributed by atoms with Gasteiger partial charge in [-0.25, -0.2) is 15.0 Å². The predicted octanol–water partition coefficient (Wildman–Crippen LogP) is 2.00. The van der Waals surface area contributed by atoms with Crippen LogP contribution in [0.4, 0.5) is 5.95 Å². The third-order valence-electron chi connectivity index (χ3n) is 4.54. The number of thioether (sulfide) groups is 1. The van der Waals surface area contributed by atoms with Gasteiger partial charge in [0, 0.05) is 37.9 Å². The molecular formula is C18H21N5O2S. The topological polar surface area (TPSA) is 80.9 Å². The van der Waals surface area contributed by atoms with Crippen molar-refractivity contribution >= 4 is 35.2 Å². The highest BCUT2D eigenvalue weighted by molar-refractivity contribution is 8.00. The summed E-state index contributed by atoms with van der Waals surface area (Å²) in [7, 11) is 1.90. The molecule has 7 nitrogen and oxygen atoms in total. The Balaban J connectivity index is 1.50. The van der Waals surface area contributed by atoms with Crippen LogP contribution in [0.1, 0.15) is 12.8 Å². The van der Waals surface area contributed by atoms with Crippen LogP contribution in [-0.4, -0.2) is 51.2 Å². The number of carbonyl (C=O) groups is 1. The molecule has 1 fully saturated rings. The smallest absolute Gasteiger partial charge is 0.238 e. The molecule has 8 heteroatoms. The van der Waals surface area contributed by atoms with Crippen LogP contribution in [0.2, 0.25) is 0 Å². The molecule has 2 aliphatic heterocycles. The number of nitrogens with one attached hydrogen (secondary N) is 1. The second-order valence-corrected chi connectivity index (χ2v) is 7.74. The fourth-order valence-electron chi connectivity index (χ4n) is 3.07. The summed E-state index contributed by atoms with van der Waals surface area (Å²) in [5.41, 5.74) is 1.49. The quantitative estimate of drug-likeness (QED) is 0.878. The highest BCUT2D eigenvalue weighted by atomic mass is 32.2. The van der Waals surface area contributed by atoms with E-state index in [1.807, 2.05) is 47.8 Å². The monoisotopic (exact) mass is 371 g/mol. The molecule has 0 radical (unpaired) electrons. The van der Waals surface area contributed by atoms with Crippen molar-refractivity contribution in [2.24, 2.45) is 23.0 Å². The number of amidine groups is 1. The lowest BCUT2D eigenvalue weighted by molar-refractivity contribution is -0.121. The van der Waals surface area contributed by atoms with Gasteiger partial charge in [0.2, 0.25) is 11.9 Å². The molecule has 26 heavy (non-hydrogen) atoms. The van der Waals surface area contributed by atoms with E-state index >= 15 is 0 Å². The molecule has 0 bridgehead atoms. The maximum absolute atomic E-state index is 12.4. The summed E-state index contributed by atoms with van der Waals surface area (Å²) in [4.78, 5) is 25.8. The fraction of sp³-hybridized carbons (Fsp3) is 0.444. The number of rotatable bonds is 4. The molecule has 1 aromatic heterocycles. The summed E-state index contributed by atoms with van der Waals surface area (Å²) in [6.45, 7) is 1.64. The molecule has 1 aliphatic carbocycles. The van der Waals surface area contributed by atoms with Gasteiger partial charge in [-0.3, -0.25) is 4.79 Å². The molecule has 0 spiro atoms. The van der Waals surface area contributed by atoms with E-state index in [2.05, 4.69) is 20.3 Å². The molecule has 1 aromatic rings. The minimum Gasteiger partial charge on any atom is -0.381 e. The number of nitrogens with zero attached hydrogens (tertiary/aromatic N) is 4. The van der Waals surface area contributed by atoms with Crippen molar-refractivity contribution in [2.75, 3.05) is 19.0 Å². The van der Waals surface area contributed by atoms with Crippen LogP contribution in [0.25, 0.3) is 0 Å². The van der Waals surface area contributed by atoms with Crippen molar-refractivity contribution in [1.82, 2.24) is 14.9 Å². The summed E-state index contributed by atoms with van der Waals surface area (Å²) < 4.78 is 7.24. The second kappa shape index (κ2) is 7.59. The van der Waals surface area contributed by atoms with Gasteiger partial charge in [0.05, 0.1) is 23.1 Å². The number of aromatic nitrogens is 2. The Morgan fingerprint density at radius 3 is 3.04 bits per heavy atom. The van der Waals surface area contributed by atoms with Gasteiger partial charge in [0.1, 0.15) is 5.84 Å². The average Bonchev–Trinajstić information content (AvgIpc) is 3.05. The minimum absolute atomic E-state index is 0.0267. The molecule has 3 heterocycles. The summed E-state index contributed by atoms with van der Waals surface area (Å²) in [5.74, 6) is 1.68. The van der Waals surface area contributed by atoms with Gasteiger partial charge in [-0.1, -0.05) is 6.08 Å². The fourth-order valence-corrected chi connectivity index (χ4v) is 4.12. The van der Waals surface area contributed by atoms with Crippen molar-refractivity contribution in [3.05, 3.63) is 36.3 Å². The Kier molecular flexibility index (Phi) is 5.03. The van der Waals surface area contributed by atoms with Gasteiger partial charge in [0.25, 0.3) is 0 Å². The van der Waals surface area contributed by atoms with Gasteiger partial charge < -0.3 is 14.6 Å². The molecule has 1 saturated heterocycles. The van der Waals surface area contributed by atoms with Crippen molar-refractivity contribution in [3.8, 4) is 0 Å². The maximum Gasteiger partial charge on any atom is 0.238 e. The molecule has 4 rings (SSSR count). The number of aryl methyl sites for hydroxylation is 1. The summed E-state index contributed by atoms with van der Waals surface area (Å²) in [6.07, 6.45) is 11.2. The first kappa shape index (κ1) is 17.2. The number of fused-ring (bicyclic) bond motifs is 1. The van der Waals surface area contributed by atoms with Crippen molar-refractivity contribution < 1.29 is 9.53 Å². The lowest BCUT2D eigenvalue weighted by Gasteiger charge is -2.25. The minimum atomic E-state index is -0.341. The number of allylic oxidation sites excluding steroid dienone is 2. The number of hydrogen-bond acceptors (Lipinski definition) is 6. The van der Waals surface area contributed by atoms with Gasteiger partial charge >= 0.3 is 0 Å². The number of amides is 1. The zero-order valence-corrected chi connectivity index (χ0v) is 15.4. The standard InChI is InChI=1S/C18H21N5O2S/c1-23-7-6-19-18(23)20-12-2-3-14-15(10-12)21-16(22-17(14)24)11-26-13-4-8-25-9-5-13/h2-3,6-7,10,13-14H,4-5,8-9,11H2,1H3,(H,21,22,24)/b20-12+. The first-order chi connectivity index (χ1) is 12.7. The van der Waals surface area contributed by atoms with E-state index in [9.17, 15) is 4.79 Å². The lowest BCUT2D eigenvalue weighted by Crippen LogP contribution is -2.42. The Hall–Kier alpha value is -2.19. The number of aliphatic imine (C=N–C) groups is 2. The van der Waals surface area contributed by atoms with Crippen LogP contribution in [0.15, 0.2) is 46.3 Å². The number of imidazole rings is 1. The Labute approximate surface area is 156 Å². The molecule has 136 valence electrons. The van der Waals surface area contributed by atoms with E-state index in [1.54, 1.807) is 6.20 Å². The second-order valence-electron chi connectivity index (χ2n) is 6.45. The van der Waals surface area contributed by atoms with Crippen molar-refractivity contribution in [3.63, 3.8) is 0 Å². The normalized spacial score (nSPS) is 24.9. The van der Waals surface area contributed by atoms with Crippen LogP contribution >= 0.6 is 11.8 Å². The van der Waals surface area contributed by atoms with Crippen LogP contribution in [0, 0.1) is 5.92 Å². The maximum atomic E-state index is 12.4. The van der Waals surface area contributed by atoms with E-state index in [-0.39, 0.29) is 11.8 Å². The summed E-state index contributed by atoms with van der Waals surface area (Å²) in [6, 6.07) is 0. The highest BCUT2D eigenvalue weighted by Crippen LogP contribution is 2.26. The molecule has 0 saturated carbocycles. The van der Waals surface area contributed by atoms with E-state index in [0.29, 0.717) is 17.0 Å². The van der Waals surface area contributed by atoms with Crippen LogP contribution < -0.4 is 5.32 Å². The van der Waals surface area contributed by atoms with Crippen LogP contribution in [-0.2, 0) is 16.6 Å². The Morgan fingerprint density at radius 2 is 2.27 bits per heavy atom. The Bertz CT molecular complexity index is 817. The largest absolute Gasteiger partial charge is 0.381 e. The average molecular weight is 371 g/mol. The third-order valence-corrected chi connectivity index (χ3v) is 5.92. The van der Waals surface area contributed by atoms with E-state index in [1.165, 1.54) is 0 Å². The van der Waals surface area contributed by atoms with E-state index in [4.69, 9.17) is 4.74 Å². The third kappa shape index (κ3) is 3.81. The highest BCUT2D eigenvalue weighted by Gasteiger charge is 2.29. The van der Waals surface area contributed by atoms with Crippen molar-refractivity contribution in [2.45, 2.75) is 18.1 Å². The summed E-state index contributed by atoms with van der Waals surface area (Å²) in [5, 5.41) is 3.51. The van der Waals surface area contributed by atoms with Gasteiger partial charge in [-0.05, 0) is 25.0 Å². The van der Waals surface area contributed by atoms with Crippen LogP contribution in [0.3, 0.4) is 0 Å². The zero-order valence-electron chi connectivity index (χ0n) is 14.6. The van der Waals surface area contributed by atoms with Gasteiger partial charge in [-0.15, -0.1) is 0 Å². The number of carbonyl (C=O) groups excluding carboxylic acids is 1. The van der Waals surface area contributed by atoms with Crippen molar-refractivity contribution in [1.29, 1.82) is 0 Å². The molecular weight excluding hydrogens is 350 g/mol. The molecule has 0 aromatic carbocycles. The molecule has 1 amide bonds. The van der Waals surface area contributed by atoms with Gasteiger partial charge in [0.15, 0.2) is 0 Å². The van der Waals surface area contributed by atoms with Crippen LogP contribution in [0.5, 0.6) is 0 Å². The molecule has 1 unspecified atom stereocenters. The zero-order chi connectivity index (χ0) is 17.9. The molecule has 3 aliphatic rings. The summed E-state index contributed by atoms with van der Waals surface area (Å²) >= 11 is 1.84. The molecule has 1 atom stereocenters. The predicted molar refractivity (Wildman–Crippen MR) is 103 cm³/mol.